The highest BCUT2D eigenvalue weighted by Crippen LogP contribution is 2.44. The van der Waals surface area contributed by atoms with Crippen LogP contribution in [0.25, 0.3) is 21.8 Å². The number of aromatic nitrogens is 1. The molecule has 51 heavy (non-hydrogen) atoms. The van der Waals surface area contributed by atoms with Crippen LogP contribution >= 0.6 is 7.60 Å². The number of aryl methyl sites for hydroxylation is 3. The van der Waals surface area contributed by atoms with Crippen LogP contribution in [0.2, 0.25) is 0 Å². The molecule has 4 aromatic rings. The Morgan fingerprint density at radius 2 is 1.43 bits per heavy atom. The van der Waals surface area contributed by atoms with Crippen molar-refractivity contribution in [2.75, 3.05) is 12.8 Å². The van der Waals surface area contributed by atoms with Gasteiger partial charge in [0.25, 0.3) is 5.91 Å². The molecule has 1 aromatic heterocycles. The number of ether oxygens (including phenoxy) is 1. The summed E-state index contributed by atoms with van der Waals surface area (Å²) in [5, 5.41) is 1.92. The maximum atomic E-state index is 13.5. The number of hydrogen-bond donors (Lipinski definition) is 4. The van der Waals surface area contributed by atoms with Crippen LogP contribution in [0.4, 0.5) is 0 Å². The quantitative estimate of drug-likeness (QED) is 0.0359. The van der Waals surface area contributed by atoms with E-state index in [1.807, 2.05) is 6.92 Å². The molecule has 8 nitrogen and oxygen atoms in total. The molecule has 0 aliphatic heterocycles. The van der Waals surface area contributed by atoms with Crippen LogP contribution in [0.1, 0.15) is 142 Å². The van der Waals surface area contributed by atoms with Gasteiger partial charge in [-0.15, -0.1) is 0 Å². The number of amides is 1. The number of rotatable bonds is 13. The second-order valence-electron chi connectivity index (χ2n) is 14.7. The van der Waals surface area contributed by atoms with E-state index in [1.54, 1.807) is 6.07 Å². The van der Waals surface area contributed by atoms with E-state index in [0.717, 1.165) is 73.2 Å². The molecule has 1 saturated carbocycles. The van der Waals surface area contributed by atoms with Crippen LogP contribution in [0, 0.1) is 6.92 Å². The first-order valence-electron chi connectivity index (χ1n) is 19.6. The number of benzene rings is 3. The molecular formula is C42H60N3O5P. The lowest BCUT2D eigenvalue weighted by Gasteiger charge is -2.25. The Morgan fingerprint density at radius 1 is 0.824 bits per heavy atom. The number of nitrogens with zero attached hydrogens (tertiary/aromatic N) is 1. The fraction of sp³-hybridized carbons (Fsp3) is 0.548. The van der Waals surface area contributed by atoms with Gasteiger partial charge in [-0.1, -0.05) is 132 Å². The van der Waals surface area contributed by atoms with Crippen molar-refractivity contribution in [1.82, 2.24) is 9.99 Å². The van der Waals surface area contributed by atoms with E-state index in [1.165, 1.54) is 87.3 Å². The third-order valence-corrected chi connectivity index (χ3v) is 11.6. The molecule has 1 heterocycles. The zero-order valence-electron chi connectivity index (χ0n) is 30.7. The summed E-state index contributed by atoms with van der Waals surface area (Å²) in [7, 11) is -4.26. The average molecular weight is 718 g/mol. The Morgan fingerprint density at radius 3 is 2.04 bits per heavy atom. The largest absolute Gasteiger partial charge is 0.493 e. The van der Waals surface area contributed by atoms with E-state index in [-0.39, 0.29) is 12.6 Å². The van der Waals surface area contributed by atoms with Gasteiger partial charge in [-0.05, 0) is 62.6 Å². The monoisotopic (exact) mass is 717 g/mol. The lowest BCUT2D eigenvalue weighted by atomic mass is 9.97. The van der Waals surface area contributed by atoms with Crippen molar-refractivity contribution in [2.45, 2.75) is 135 Å². The summed E-state index contributed by atoms with van der Waals surface area (Å²) in [6.45, 7) is 1.86. The number of unbranched alkanes of at least 4 members (excludes halogenated alkanes) is 3. The summed E-state index contributed by atoms with van der Waals surface area (Å²) in [5.74, 6) is 5.83. The summed E-state index contributed by atoms with van der Waals surface area (Å²) >= 11 is 0. The third kappa shape index (κ3) is 10.9. The van der Waals surface area contributed by atoms with Crippen LogP contribution in [-0.4, -0.2) is 33.0 Å². The number of carbonyl (C=O) groups is 1. The van der Waals surface area contributed by atoms with Gasteiger partial charge in [-0.25, -0.2) is 5.84 Å². The number of hydrazine groups is 1. The van der Waals surface area contributed by atoms with Gasteiger partial charge in [0.1, 0.15) is 5.75 Å². The summed E-state index contributed by atoms with van der Waals surface area (Å²) < 4.78 is 20.3. The highest BCUT2D eigenvalue weighted by atomic mass is 31.2. The molecule has 5 rings (SSSR count). The normalized spacial score (nSPS) is 15.9. The Hall–Kier alpha value is -3.16. The van der Waals surface area contributed by atoms with Crippen molar-refractivity contribution in [2.24, 2.45) is 5.84 Å². The molecule has 0 spiro atoms. The van der Waals surface area contributed by atoms with Crippen molar-refractivity contribution in [3.63, 3.8) is 0 Å². The number of nitrogen functional groups attached to an aromatic ring is 1. The Bertz CT molecular complexity index is 1730. The number of hydrogen-bond acceptors (Lipinski definition) is 4. The molecule has 0 bridgehead atoms. The molecule has 0 unspecified atom stereocenters. The van der Waals surface area contributed by atoms with Gasteiger partial charge < -0.3 is 19.1 Å². The average Bonchev–Trinajstić information content (AvgIpc) is 3.47. The van der Waals surface area contributed by atoms with E-state index in [9.17, 15) is 19.1 Å². The number of carbonyl (C=O) groups excluding carboxylic acids is 1. The standard InChI is InChI=1S/C42H60N3O5P/c1-32-38(50-29-30-51(47,48)49)31-37(42(46)44-43)39-36-28-20-25-34(24-17-12-11-14-21-33-22-15-13-16-23-33)41(36)45(40(32)39)35-26-18-9-7-5-3-2-4-6-8-10-19-27-35/h13,15-16,20,22-23,25,28,31,35H,2-12,14,17-19,21,24,26-27,29-30,43H2,1H3,(H,44,46)(H2,47,48,49). The van der Waals surface area contributed by atoms with E-state index in [2.05, 4.69) is 58.5 Å². The van der Waals surface area contributed by atoms with E-state index in [0.29, 0.717) is 11.3 Å². The third-order valence-electron chi connectivity index (χ3n) is 10.8. The van der Waals surface area contributed by atoms with Gasteiger partial charge in [-0.2, -0.15) is 0 Å². The fourth-order valence-electron chi connectivity index (χ4n) is 8.15. The predicted molar refractivity (Wildman–Crippen MR) is 210 cm³/mol. The minimum atomic E-state index is -4.26. The molecule has 0 atom stereocenters. The molecule has 9 heteroatoms. The smallest absolute Gasteiger partial charge is 0.328 e. The first-order chi connectivity index (χ1) is 24.8. The maximum absolute atomic E-state index is 13.5. The maximum Gasteiger partial charge on any atom is 0.328 e. The molecule has 3 aromatic carbocycles. The molecule has 5 N–H and O–H groups in total. The van der Waals surface area contributed by atoms with Gasteiger partial charge in [0.15, 0.2) is 0 Å². The van der Waals surface area contributed by atoms with E-state index < -0.39 is 19.7 Å². The van der Waals surface area contributed by atoms with Crippen molar-refractivity contribution in [3.05, 3.63) is 76.9 Å². The highest BCUT2D eigenvalue weighted by Gasteiger charge is 2.27. The second kappa shape index (κ2) is 19.6. The number of nitrogens with one attached hydrogen (secondary N) is 1. The topological polar surface area (TPSA) is 127 Å². The van der Waals surface area contributed by atoms with E-state index in [4.69, 9.17) is 10.6 Å². The van der Waals surface area contributed by atoms with Gasteiger partial charge in [0.05, 0.1) is 29.4 Å². The summed E-state index contributed by atoms with van der Waals surface area (Å²) in [4.78, 5) is 32.6. The SMILES string of the molecule is Cc1c(OCCP(=O)(O)O)cc(C(=O)NN)c2c3cccc(CCCCCCc4ccccc4)c3n(C3CCCCCCCCCCCCC3)c12. The number of para-hydroxylation sites is 1. The minimum absolute atomic E-state index is 0.153. The molecule has 1 fully saturated rings. The molecule has 1 amide bonds. The molecule has 1 aliphatic carbocycles. The van der Waals surface area contributed by atoms with Crippen LogP contribution < -0.4 is 16.0 Å². The predicted octanol–water partition coefficient (Wildman–Crippen LogP) is 10.2. The molecule has 1 aliphatic rings. The molecule has 0 radical (unpaired) electrons. The Labute approximate surface area is 304 Å². The van der Waals surface area contributed by atoms with Gasteiger partial charge >= 0.3 is 7.60 Å². The Kier molecular flexibility index (Phi) is 15.0. The van der Waals surface area contributed by atoms with Gasteiger partial charge in [0.2, 0.25) is 0 Å². The number of fused-ring (bicyclic) bond motifs is 3. The zero-order chi connectivity index (χ0) is 36.1. The molecule has 278 valence electrons. The zero-order valence-corrected chi connectivity index (χ0v) is 31.6. The number of nitrogens with two attached hydrogens (primary N) is 1. The summed E-state index contributed by atoms with van der Waals surface area (Å²) in [6.07, 6.45) is 22.3. The first-order valence-corrected chi connectivity index (χ1v) is 21.4. The first kappa shape index (κ1) is 39.1. The Balaban J connectivity index is 1.56. The summed E-state index contributed by atoms with van der Waals surface area (Å²) in [5.41, 5.74) is 8.53. The van der Waals surface area contributed by atoms with Gasteiger partial charge in [-0.3, -0.25) is 14.8 Å². The van der Waals surface area contributed by atoms with Crippen molar-refractivity contribution in [1.29, 1.82) is 0 Å². The van der Waals surface area contributed by atoms with Crippen LogP contribution in [0.3, 0.4) is 0 Å². The van der Waals surface area contributed by atoms with Crippen molar-refractivity contribution in [3.8, 4) is 5.75 Å². The van der Waals surface area contributed by atoms with Crippen molar-refractivity contribution < 1.29 is 23.9 Å². The van der Waals surface area contributed by atoms with Crippen molar-refractivity contribution >= 4 is 35.3 Å². The van der Waals surface area contributed by atoms with E-state index >= 15 is 0 Å². The summed E-state index contributed by atoms with van der Waals surface area (Å²) in [6, 6.07) is 19.2. The second-order valence-corrected chi connectivity index (χ2v) is 16.5. The molecular weight excluding hydrogens is 657 g/mol. The van der Waals surface area contributed by atoms with Crippen LogP contribution in [0.15, 0.2) is 54.6 Å². The van der Waals surface area contributed by atoms with Crippen LogP contribution in [0.5, 0.6) is 5.75 Å². The lowest BCUT2D eigenvalue weighted by molar-refractivity contribution is 0.0955. The van der Waals surface area contributed by atoms with Gasteiger partial charge in [0, 0.05) is 22.4 Å². The fourth-order valence-corrected chi connectivity index (χ4v) is 8.48. The molecule has 0 saturated heterocycles. The lowest BCUT2D eigenvalue weighted by Crippen LogP contribution is -2.30. The highest BCUT2D eigenvalue weighted by molar-refractivity contribution is 7.51. The van der Waals surface area contributed by atoms with Crippen LogP contribution in [-0.2, 0) is 17.4 Å². The minimum Gasteiger partial charge on any atom is -0.493 e.